The molecular formula is C19H26N2O4S2. The number of likely N-dealkylation sites (tertiary alicyclic amines) is 1. The normalized spacial score (nSPS) is 21.8. The first-order valence-corrected chi connectivity index (χ1v) is 11.8. The molecule has 1 fully saturated rings. The fraction of sp³-hybridized carbons (Fsp3) is 0.579. The molecule has 2 aliphatic rings. The standard InChI is InChI=1S/C19H26N2O4S2/c1-13(11-18(22)21-9-5-3-4-6-10-21)27(24,25)15-7-8-17-16(12-15)20-19(23)14(2)26-17/h7-8,12-14H,3-6,9-11H2,1-2H3,(H,20,23)/t13-,14-/m1/s1. The first kappa shape index (κ1) is 20.2. The third-order valence-corrected chi connectivity index (χ3v) is 8.48. The van der Waals surface area contributed by atoms with Gasteiger partial charge >= 0.3 is 0 Å². The number of carbonyl (C=O) groups excluding carboxylic acids is 2. The predicted molar refractivity (Wildman–Crippen MR) is 107 cm³/mol. The SMILES string of the molecule is C[C@H](CC(=O)N1CCCCCC1)S(=O)(=O)c1ccc2c(c1)NC(=O)[C@@H](C)S2. The lowest BCUT2D eigenvalue weighted by Crippen LogP contribution is -2.35. The highest BCUT2D eigenvalue weighted by molar-refractivity contribution is 8.01. The molecule has 148 valence electrons. The fourth-order valence-corrected chi connectivity index (χ4v) is 5.70. The van der Waals surface area contributed by atoms with E-state index in [9.17, 15) is 18.0 Å². The molecule has 2 atom stereocenters. The summed E-state index contributed by atoms with van der Waals surface area (Å²) < 4.78 is 25.9. The Hall–Kier alpha value is -1.54. The van der Waals surface area contributed by atoms with Crippen LogP contribution in [0, 0.1) is 0 Å². The zero-order valence-electron chi connectivity index (χ0n) is 15.7. The first-order valence-electron chi connectivity index (χ1n) is 9.42. The Balaban J connectivity index is 1.74. The molecule has 27 heavy (non-hydrogen) atoms. The van der Waals surface area contributed by atoms with Crippen molar-refractivity contribution in [1.29, 1.82) is 0 Å². The Morgan fingerprint density at radius 1 is 1.26 bits per heavy atom. The maximum absolute atomic E-state index is 13.0. The number of rotatable bonds is 4. The van der Waals surface area contributed by atoms with Gasteiger partial charge in [0, 0.05) is 24.4 Å². The number of hydrogen-bond acceptors (Lipinski definition) is 5. The molecule has 0 aromatic heterocycles. The third kappa shape index (κ3) is 4.48. The average Bonchev–Trinajstić information content (AvgIpc) is 2.91. The molecular weight excluding hydrogens is 384 g/mol. The molecule has 0 radical (unpaired) electrons. The molecule has 8 heteroatoms. The highest BCUT2D eigenvalue weighted by Gasteiger charge is 2.30. The molecule has 2 amide bonds. The number of sulfone groups is 1. The van der Waals surface area contributed by atoms with Crippen LogP contribution in [-0.2, 0) is 19.4 Å². The van der Waals surface area contributed by atoms with Gasteiger partial charge in [0.25, 0.3) is 0 Å². The Kier molecular flexibility index (Phi) is 6.15. The highest BCUT2D eigenvalue weighted by Crippen LogP contribution is 2.37. The van der Waals surface area contributed by atoms with Crippen molar-refractivity contribution in [1.82, 2.24) is 4.90 Å². The van der Waals surface area contributed by atoms with Crippen LogP contribution in [-0.4, -0.2) is 48.7 Å². The number of nitrogens with zero attached hydrogens (tertiary/aromatic N) is 1. The van der Waals surface area contributed by atoms with E-state index in [2.05, 4.69) is 5.32 Å². The van der Waals surface area contributed by atoms with Gasteiger partial charge in [0.05, 0.1) is 21.1 Å². The minimum Gasteiger partial charge on any atom is -0.343 e. The monoisotopic (exact) mass is 410 g/mol. The van der Waals surface area contributed by atoms with Crippen molar-refractivity contribution in [2.45, 2.75) is 66.2 Å². The molecule has 1 aromatic carbocycles. The summed E-state index contributed by atoms with van der Waals surface area (Å²) in [4.78, 5) is 27.2. The topological polar surface area (TPSA) is 83.6 Å². The summed E-state index contributed by atoms with van der Waals surface area (Å²) in [5, 5.41) is 1.75. The van der Waals surface area contributed by atoms with E-state index in [-0.39, 0.29) is 28.4 Å². The number of hydrogen-bond donors (Lipinski definition) is 1. The lowest BCUT2D eigenvalue weighted by atomic mass is 10.2. The largest absolute Gasteiger partial charge is 0.343 e. The fourth-order valence-electron chi connectivity index (χ4n) is 3.40. The van der Waals surface area contributed by atoms with Gasteiger partial charge in [0.15, 0.2) is 9.84 Å². The molecule has 3 rings (SSSR count). The molecule has 0 saturated carbocycles. The van der Waals surface area contributed by atoms with Crippen LogP contribution in [0.5, 0.6) is 0 Å². The van der Waals surface area contributed by atoms with E-state index in [1.807, 2.05) is 6.92 Å². The van der Waals surface area contributed by atoms with Gasteiger partial charge in [-0.1, -0.05) is 12.8 Å². The third-order valence-electron chi connectivity index (χ3n) is 5.16. The average molecular weight is 411 g/mol. The van der Waals surface area contributed by atoms with Gasteiger partial charge < -0.3 is 10.2 Å². The van der Waals surface area contributed by atoms with Crippen LogP contribution < -0.4 is 5.32 Å². The summed E-state index contributed by atoms with van der Waals surface area (Å²) in [5.74, 6) is -0.227. The summed E-state index contributed by atoms with van der Waals surface area (Å²) in [6.45, 7) is 4.82. The molecule has 1 saturated heterocycles. The van der Waals surface area contributed by atoms with Gasteiger partial charge in [-0.3, -0.25) is 9.59 Å². The molecule has 1 N–H and O–H groups in total. The first-order chi connectivity index (χ1) is 12.8. The van der Waals surface area contributed by atoms with Crippen LogP contribution in [0.25, 0.3) is 0 Å². The molecule has 0 aliphatic carbocycles. The lowest BCUT2D eigenvalue weighted by Gasteiger charge is -2.24. The second-order valence-electron chi connectivity index (χ2n) is 7.26. The van der Waals surface area contributed by atoms with Crippen LogP contribution in [0.2, 0.25) is 0 Å². The molecule has 0 unspecified atom stereocenters. The maximum atomic E-state index is 13.0. The summed E-state index contributed by atoms with van der Waals surface area (Å²) in [6.07, 6.45) is 4.18. The van der Waals surface area contributed by atoms with Crippen molar-refractivity contribution in [3.8, 4) is 0 Å². The van der Waals surface area contributed by atoms with E-state index >= 15 is 0 Å². The summed E-state index contributed by atoms with van der Waals surface area (Å²) in [5.41, 5.74) is 0.523. The second kappa shape index (κ2) is 8.22. The quantitative estimate of drug-likeness (QED) is 0.825. The zero-order chi connectivity index (χ0) is 19.6. The van der Waals surface area contributed by atoms with Crippen molar-refractivity contribution < 1.29 is 18.0 Å². The predicted octanol–water partition coefficient (Wildman–Crippen LogP) is 3.07. The van der Waals surface area contributed by atoms with Crippen LogP contribution in [0.15, 0.2) is 28.0 Å². The number of nitrogens with one attached hydrogen (secondary N) is 1. The molecule has 0 spiro atoms. The number of amides is 2. The zero-order valence-corrected chi connectivity index (χ0v) is 17.4. The van der Waals surface area contributed by atoms with E-state index in [0.717, 1.165) is 30.6 Å². The second-order valence-corrected chi connectivity index (χ2v) is 11.0. The van der Waals surface area contributed by atoms with Gasteiger partial charge in [-0.25, -0.2) is 8.42 Å². The highest BCUT2D eigenvalue weighted by atomic mass is 32.2. The molecule has 6 nitrogen and oxygen atoms in total. The van der Waals surface area contributed by atoms with Crippen molar-refractivity contribution in [2.24, 2.45) is 0 Å². The van der Waals surface area contributed by atoms with Crippen LogP contribution >= 0.6 is 11.8 Å². The lowest BCUT2D eigenvalue weighted by molar-refractivity contribution is -0.131. The van der Waals surface area contributed by atoms with Gasteiger partial charge in [0.1, 0.15) is 0 Å². The van der Waals surface area contributed by atoms with Gasteiger partial charge in [-0.15, -0.1) is 11.8 Å². The summed E-state index contributed by atoms with van der Waals surface area (Å²) in [6, 6.07) is 4.80. The van der Waals surface area contributed by atoms with E-state index < -0.39 is 15.1 Å². The summed E-state index contributed by atoms with van der Waals surface area (Å²) >= 11 is 1.41. The van der Waals surface area contributed by atoms with Gasteiger partial charge in [-0.05, 0) is 44.9 Å². The maximum Gasteiger partial charge on any atom is 0.237 e. The number of benzene rings is 1. The van der Waals surface area contributed by atoms with E-state index in [0.29, 0.717) is 18.8 Å². The Morgan fingerprint density at radius 2 is 1.93 bits per heavy atom. The van der Waals surface area contributed by atoms with Gasteiger partial charge in [-0.2, -0.15) is 0 Å². The van der Waals surface area contributed by atoms with Crippen molar-refractivity contribution >= 4 is 39.1 Å². The minimum absolute atomic E-state index is 0.0163. The van der Waals surface area contributed by atoms with Crippen LogP contribution in [0.3, 0.4) is 0 Å². The van der Waals surface area contributed by atoms with E-state index in [4.69, 9.17) is 0 Å². The van der Waals surface area contributed by atoms with E-state index in [1.165, 1.54) is 17.8 Å². The summed E-state index contributed by atoms with van der Waals surface area (Å²) in [7, 11) is -3.65. The number of anilines is 1. The minimum atomic E-state index is -3.65. The molecule has 1 aromatic rings. The Morgan fingerprint density at radius 3 is 2.59 bits per heavy atom. The molecule has 2 aliphatic heterocycles. The smallest absolute Gasteiger partial charge is 0.237 e. The van der Waals surface area contributed by atoms with E-state index in [1.54, 1.807) is 24.0 Å². The van der Waals surface area contributed by atoms with Crippen LogP contribution in [0.4, 0.5) is 5.69 Å². The Bertz CT molecular complexity index is 830. The molecule has 2 heterocycles. The van der Waals surface area contributed by atoms with Gasteiger partial charge in [0.2, 0.25) is 11.8 Å². The Labute approximate surface area is 165 Å². The number of fused-ring (bicyclic) bond motifs is 1. The number of thioether (sulfide) groups is 1. The number of carbonyl (C=O) groups is 2. The molecule has 0 bridgehead atoms. The van der Waals surface area contributed by atoms with Crippen molar-refractivity contribution in [2.75, 3.05) is 18.4 Å². The van der Waals surface area contributed by atoms with Crippen molar-refractivity contribution in [3.05, 3.63) is 18.2 Å². The van der Waals surface area contributed by atoms with Crippen molar-refractivity contribution in [3.63, 3.8) is 0 Å². The van der Waals surface area contributed by atoms with Crippen LogP contribution in [0.1, 0.15) is 46.0 Å².